The molecular weight excluding hydrogens is 250 g/mol. The van der Waals surface area contributed by atoms with E-state index in [2.05, 4.69) is 15.5 Å². The lowest BCUT2D eigenvalue weighted by atomic mass is 10.0. The number of nitrogens with one attached hydrogen (secondary N) is 1. The van der Waals surface area contributed by atoms with Crippen LogP contribution in [0.15, 0.2) is 42.5 Å². The molecule has 0 aliphatic rings. The highest BCUT2D eigenvalue weighted by Crippen LogP contribution is 2.16. The Morgan fingerprint density at radius 1 is 1.17 bits per heavy atom. The van der Waals surface area contributed by atoms with Gasteiger partial charge in [-0.05, 0) is 24.6 Å². The normalized spacial score (nSPS) is 11.9. The Hall–Kier alpha value is -1.94. The average molecular weight is 262 g/mol. The van der Waals surface area contributed by atoms with E-state index in [9.17, 15) is 4.79 Å². The summed E-state index contributed by atoms with van der Waals surface area (Å²) in [4.78, 5) is 12.0. The minimum absolute atomic E-state index is 0.127. The predicted molar refractivity (Wildman–Crippen MR) is 70.5 cm³/mol. The van der Waals surface area contributed by atoms with Gasteiger partial charge in [0.2, 0.25) is 5.91 Å². The van der Waals surface area contributed by atoms with Gasteiger partial charge in [0.15, 0.2) is 11.0 Å². The summed E-state index contributed by atoms with van der Waals surface area (Å²) in [5, 5.41) is 10.4. The summed E-state index contributed by atoms with van der Waals surface area (Å²) >= 11 is 5.62. The van der Waals surface area contributed by atoms with Crippen LogP contribution in [0, 0.1) is 0 Å². The first-order valence-corrected chi connectivity index (χ1v) is 5.89. The molecule has 0 fully saturated rings. The van der Waals surface area contributed by atoms with Gasteiger partial charge in [0.05, 0.1) is 5.92 Å². The maximum absolute atomic E-state index is 12.0. The molecule has 1 N–H and O–H groups in total. The van der Waals surface area contributed by atoms with E-state index < -0.39 is 0 Å². The van der Waals surface area contributed by atoms with E-state index in [0.717, 1.165) is 5.56 Å². The standard InChI is InChI=1S/C13H12ClN3O/c1-9(10-5-3-2-4-6-10)13(18)15-12-8-7-11(14)16-17-12/h2-9H,1H3,(H,15,17,18). The summed E-state index contributed by atoms with van der Waals surface area (Å²) < 4.78 is 0. The molecule has 0 radical (unpaired) electrons. The lowest BCUT2D eigenvalue weighted by molar-refractivity contribution is -0.117. The van der Waals surface area contributed by atoms with E-state index in [0.29, 0.717) is 11.0 Å². The van der Waals surface area contributed by atoms with Crippen LogP contribution in [0.25, 0.3) is 0 Å². The molecule has 5 heteroatoms. The van der Waals surface area contributed by atoms with Crippen LogP contribution in [0.2, 0.25) is 5.15 Å². The highest BCUT2D eigenvalue weighted by atomic mass is 35.5. The van der Waals surface area contributed by atoms with Crippen molar-refractivity contribution in [1.82, 2.24) is 10.2 Å². The van der Waals surface area contributed by atoms with Crippen LogP contribution in [0.4, 0.5) is 5.82 Å². The lowest BCUT2D eigenvalue weighted by Gasteiger charge is -2.11. The molecule has 4 nitrogen and oxygen atoms in total. The fourth-order valence-corrected chi connectivity index (χ4v) is 1.61. The molecule has 1 unspecified atom stereocenters. The Morgan fingerprint density at radius 3 is 2.50 bits per heavy atom. The van der Waals surface area contributed by atoms with Gasteiger partial charge in [0, 0.05) is 0 Å². The van der Waals surface area contributed by atoms with Crippen LogP contribution in [0.3, 0.4) is 0 Å². The highest BCUT2D eigenvalue weighted by Gasteiger charge is 2.15. The molecule has 1 aromatic carbocycles. The van der Waals surface area contributed by atoms with Gasteiger partial charge in [0.1, 0.15) is 0 Å². The fourth-order valence-electron chi connectivity index (χ4n) is 1.51. The molecule has 0 saturated heterocycles. The van der Waals surface area contributed by atoms with E-state index in [4.69, 9.17) is 11.6 Å². The number of benzene rings is 1. The second-order valence-electron chi connectivity index (χ2n) is 3.86. The number of anilines is 1. The Balaban J connectivity index is 2.06. The molecule has 1 heterocycles. The molecule has 1 amide bonds. The van der Waals surface area contributed by atoms with Crippen LogP contribution in [-0.2, 0) is 4.79 Å². The fraction of sp³-hybridized carbons (Fsp3) is 0.154. The number of nitrogens with zero attached hydrogens (tertiary/aromatic N) is 2. The van der Waals surface area contributed by atoms with Gasteiger partial charge < -0.3 is 5.32 Å². The quantitative estimate of drug-likeness (QED) is 0.924. The molecule has 92 valence electrons. The number of rotatable bonds is 3. The van der Waals surface area contributed by atoms with Gasteiger partial charge in [-0.2, -0.15) is 0 Å². The van der Waals surface area contributed by atoms with Crippen molar-refractivity contribution in [1.29, 1.82) is 0 Å². The van der Waals surface area contributed by atoms with Crippen molar-refractivity contribution >= 4 is 23.3 Å². The second kappa shape index (κ2) is 5.60. The Labute approximate surface area is 110 Å². The molecule has 0 bridgehead atoms. The number of amides is 1. The summed E-state index contributed by atoms with van der Waals surface area (Å²) in [5.74, 6) is 0.0219. The van der Waals surface area contributed by atoms with Crippen LogP contribution in [0.1, 0.15) is 18.4 Å². The lowest BCUT2D eigenvalue weighted by Crippen LogP contribution is -2.19. The summed E-state index contributed by atoms with van der Waals surface area (Å²) in [7, 11) is 0. The summed E-state index contributed by atoms with van der Waals surface area (Å²) in [6, 6.07) is 12.7. The van der Waals surface area contributed by atoms with Crippen molar-refractivity contribution in [2.75, 3.05) is 5.32 Å². The van der Waals surface area contributed by atoms with E-state index >= 15 is 0 Å². The number of carbonyl (C=O) groups excluding carboxylic acids is 1. The molecule has 18 heavy (non-hydrogen) atoms. The molecule has 2 rings (SSSR count). The monoisotopic (exact) mass is 261 g/mol. The van der Waals surface area contributed by atoms with Crippen molar-refractivity contribution in [3.8, 4) is 0 Å². The van der Waals surface area contributed by atoms with Gasteiger partial charge >= 0.3 is 0 Å². The summed E-state index contributed by atoms with van der Waals surface area (Å²) in [6.07, 6.45) is 0. The van der Waals surface area contributed by atoms with Gasteiger partial charge in [-0.25, -0.2) is 0 Å². The maximum Gasteiger partial charge on any atom is 0.232 e. The first-order chi connectivity index (χ1) is 8.66. The van der Waals surface area contributed by atoms with Gasteiger partial charge in [-0.15, -0.1) is 10.2 Å². The molecule has 1 atom stereocenters. The number of aromatic nitrogens is 2. The van der Waals surface area contributed by atoms with E-state index in [1.165, 1.54) is 0 Å². The maximum atomic E-state index is 12.0. The molecule has 0 saturated carbocycles. The van der Waals surface area contributed by atoms with Gasteiger partial charge in [-0.3, -0.25) is 4.79 Å². The highest BCUT2D eigenvalue weighted by molar-refractivity contribution is 6.29. The van der Waals surface area contributed by atoms with Crippen LogP contribution >= 0.6 is 11.6 Å². The van der Waals surface area contributed by atoms with E-state index in [1.54, 1.807) is 12.1 Å². The number of hydrogen-bond donors (Lipinski definition) is 1. The van der Waals surface area contributed by atoms with Crippen molar-refractivity contribution in [2.45, 2.75) is 12.8 Å². The van der Waals surface area contributed by atoms with Crippen molar-refractivity contribution in [3.63, 3.8) is 0 Å². The van der Waals surface area contributed by atoms with Gasteiger partial charge in [0.25, 0.3) is 0 Å². The smallest absolute Gasteiger partial charge is 0.232 e. The Bertz CT molecular complexity index is 528. The molecule has 0 aliphatic carbocycles. The number of halogens is 1. The van der Waals surface area contributed by atoms with E-state index in [1.807, 2.05) is 37.3 Å². The van der Waals surface area contributed by atoms with Crippen molar-refractivity contribution in [3.05, 3.63) is 53.2 Å². The van der Waals surface area contributed by atoms with E-state index in [-0.39, 0.29) is 11.8 Å². The van der Waals surface area contributed by atoms with Crippen LogP contribution in [0.5, 0.6) is 0 Å². The SMILES string of the molecule is CC(C(=O)Nc1ccc(Cl)nn1)c1ccccc1. The minimum atomic E-state index is -0.247. The van der Waals surface area contributed by atoms with Crippen LogP contribution < -0.4 is 5.32 Å². The molecule has 1 aromatic heterocycles. The Kier molecular flexibility index (Phi) is 3.89. The van der Waals surface area contributed by atoms with Gasteiger partial charge in [-0.1, -0.05) is 41.9 Å². The third-order valence-electron chi connectivity index (χ3n) is 2.58. The molecule has 0 aliphatic heterocycles. The topological polar surface area (TPSA) is 54.9 Å². The second-order valence-corrected chi connectivity index (χ2v) is 4.25. The van der Waals surface area contributed by atoms with Crippen molar-refractivity contribution in [2.24, 2.45) is 0 Å². The molecular formula is C13H12ClN3O. The third-order valence-corrected chi connectivity index (χ3v) is 2.78. The predicted octanol–water partition coefficient (Wildman–Crippen LogP) is 2.87. The number of hydrogen-bond acceptors (Lipinski definition) is 3. The summed E-state index contributed by atoms with van der Waals surface area (Å²) in [5.41, 5.74) is 0.955. The largest absolute Gasteiger partial charge is 0.309 e. The minimum Gasteiger partial charge on any atom is -0.309 e. The first-order valence-electron chi connectivity index (χ1n) is 5.52. The average Bonchev–Trinajstić information content (AvgIpc) is 2.41. The zero-order chi connectivity index (χ0) is 13.0. The summed E-state index contributed by atoms with van der Waals surface area (Å²) in [6.45, 7) is 1.84. The first kappa shape index (κ1) is 12.5. The zero-order valence-electron chi connectivity index (χ0n) is 9.80. The van der Waals surface area contributed by atoms with Crippen LogP contribution in [-0.4, -0.2) is 16.1 Å². The third kappa shape index (κ3) is 3.05. The molecule has 2 aromatic rings. The Morgan fingerprint density at radius 2 is 1.89 bits per heavy atom. The molecule has 0 spiro atoms. The van der Waals surface area contributed by atoms with Crippen molar-refractivity contribution < 1.29 is 4.79 Å². The number of carbonyl (C=O) groups is 1. The zero-order valence-corrected chi connectivity index (χ0v) is 10.6.